The molecule has 0 aliphatic carbocycles. The van der Waals surface area contributed by atoms with E-state index in [4.69, 9.17) is 0 Å². The Morgan fingerprint density at radius 3 is 1.74 bits per heavy atom. The van der Waals surface area contributed by atoms with Crippen LogP contribution in [-0.4, -0.2) is 46.5 Å². The van der Waals surface area contributed by atoms with Gasteiger partial charge in [-0.1, -0.05) is 47.6 Å². The van der Waals surface area contributed by atoms with Gasteiger partial charge < -0.3 is 7.41 Å². The van der Waals surface area contributed by atoms with E-state index in [0.29, 0.717) is 16.7 Å². The zero-order valence-corrected chi connectivity index (χ0v) is 15.9. The predicted molar refractivity (Wildman–Crippen MR) is 85.7 cm³/mol. The number of rotatable bonds is 4. The number of benzene rings is 1. The molecule has 0 radical (unpaired) electrons. The van der Waals surface area contributed by atoms with Gasteiger partial charge in [-0.15, -0.1) is 0 Å². The van der Waals surface area contributed by atoms with Crippen molar-refractivity contribution in [2.24, 2.45) is 0 Å². The van der Waals surface area contributed by atoms with Crippen molar-refractivity contribution in [1.82, 2.24) is 0 Å². The fourth-order valence-electron chi connectivity index (χ4n) is 2.53. The summed E-state index contributed by atoms with van der Waals surface area (Å²) in [5.74, 6) is 1.05. The number of hydrogen-bond donors (Lipinski definition) is 1. The van der Waals surface area contributed by atoms with Crippen LogP contribution in [0.25, 0.3) is 0 Å². The molecule has 1 N–H and O–H groups in total. The second-order valence-electron chi connectivity index (χ2n) is 5.69. The molecule has 0 aliphatic rings. The SMILES string of the molecule is CC(C)c1ccc(S(=O)O)c(C(C)C)c1C(C)C.[Ca+2].[H-].[H-]. The van der Waals surface area contributed by atoms with Crippen LogP contribution in [0.5, 0.6) is 0 Å². The molecule has 1 aromatic rings. The maximum atomic E-state index is 11.5. The molecule has 0 fully saturated rings. The van der Waals surface area contributed by atoms with Crippen LogP contribution in [0.4, 0.5) is 0 Å². The summed E-state index contributed by atoms with van der Waals surface area (Å²) in [7, 11) is 0. The molecule has 0 aliphatic heterocycles. The number of hydrogen-bond acceptors (Lipinski definition) is 1. The van der Waals surface area contributed by atoms with Gasteiger partial charge in [0.1, 0.15) is 0 Å². The molecule has 2 nitrogen and oxygen atoms in total. The molecule has 1 atom stereocenters. The third kappa shape index (κ3) is 4.53. The van der Waals surface area contributed by atoms with Crippen molar-refractivity contribution in [3.63, 3.8) is 0 Å². The summed E-state index contributed by atoms with van der Waals surface area (Å²) in [4.78, 5) is 0.568. The zero-order valence-electron chi connectivity index (χ0n) is 14.9. The Morgan fingerprint density at radius 2 is 1.42 bits per heavy atom. The molecule has 1 unspecified atom stereocenters. The second kappa shape index (κ2) is 8.14. The van der Waals surface area contributed by atoms with E-state index >= 15 is 0 Å². The molecule has 0 amide bonds. The van der Waals surface area contributed by atoms with Crippen LogP contribution in [0.3, 0.4) is 0 Å². The van der Waals surface area contributed by atoms with Gasteiger partial charge in [-0.05, 0) is 40.5 Å². The molecule has 106 valence electrons. The summed E-state index contributed by atoms with van der Waals surface area (Å²) in [6, 6.07) is 3.82. The standard InChI is InChI=1S/C15H24O2S.Ca.2H/c1-9(2)12-7-8-13(18(16)17)15(11(5)6)14(12)10(3)4;;;/h7-11H,1-6H3,(H,16,17);;;/q;+2;2*-1. The van der Waals surface area contributed by atoms with E-state index in [1.807, 2.05) is 12.1 Å². The molecule has 0 heterocycles. The largest absolute Gasteiger partial charge is 2.00 e. The van der Waals surface area contributed by atoms with Crippen LogP contribution >= 0.6 is 0 Å². The van der Waals surface area contributed by atoms with Crippen molar-refractivity contribution >= 4 is 48.8 Å². The third-order valence-corrected chi connectivity index (χ3v) is 3.98. The van der Waals surface area contributed by atoms with Gasteiger partial charge in [-0.3, -0.25) is 0 Å². The van der Waals surface area contributed by atoms with E-state index in [-0.39, 0.29) is 46.5 Å². The molecule has 0 saturated carbocycles. The van der Waals surface area contributed by atoms with Crippen molar-refractivity contribution in [1.29, 1.82) is 0 Å². The molecule has 1 aromatic carbocycles. The molecule has 0 bridgehead atoms. The Morgan fingerprint density at radius 1 is 0.947 bits per heavy atom. The average Bonchev–Trinajstić information content (AvgIpc) is 2.26. The first-order chi connectivity index (χ1) is 8.27. The molecular weight excluding hydrogens is 284 g/mol. The summed E-state index contributed by atoms with van der Waals surface area (Å²) in [6.45, 7) is 12.8. The Hall–Kier alpha value is 0.590. The summed E-state index contributed by atoms with van der Waals surface area (Å²) >= 11 is -1.91. The summed E-state index contributed by atoms with van der Waals surface area (Å²) in [5, 5.41) is 0. The van der Waals surface area contributed by atoms with Crippen LogP contribution in [0.2, 0.25) is 0 Å². The molecule has 1 rings (SSSR count). The normalized spacial score (nSPS) is 12.9. The summed E-state index contributed by atoms with van der Waals surface area (Å²) in [5.41, 5.74) is 3.60. The van der Waals surface area contributed by atoms with E-state index in [1.54, 1.807) is 0 Å². The Balaban J connectivity index is -0.00000108. The van der Waals surface area contributed by atoms with Gasteiger partial charge >= 0.3 is 37.7 Å². The third-order valence-electron chi connectivity index (χ3n) is 3.25. The van der Waals surface area contributed by atoms with E-state index in [0.717, 1.165) is 5.56 Å². The van der Waals surface area contributed by atoms with Crippen molar-refractivity contribution < 1.29 is 11.6 Å². The van der Waals surface area contributed by atoms with E-state index < -0.39 is 11.1 Å². The van der Waals surface area contributed by atoms with Crippen molar-refractivity contribution in [2.45, 2.75) is 64.2 Å². The van der Waals surface area contributed by atoms with Gasteiger partial charge in [0, 0.05) is 0 Å². The first kappa shape index (κ1) is 19.6. The molecule has 0 spiro atoms. The van der Waals surface area contributed by atoms with Crippen LogP contribution in [0.15, 0.2) is 17.0 Å². The quantitative estimate of drug-likeness (QED) is 0.657. The van der Waals surface area contributed by atoms with Crippen molar-refractivity contribution in [3.05, 3.63) is 28.8 Å². The van der Waals surface area contributed by atoms with Gasteiger partial charge in [-0.25, -0.2) is 4.21 Å². The van der Waals surface area contributed by atoms with Gasteiger partial charge in [0.2, 0.25) is 0 Å². The fourth-order valence-corrected chi connectivity index (χ4v) is 3.25. The molecule has 0 saturated heterocycles. The maximum Gasteiger partial charge on any atom is 2.00 e. The minimum atomic E-state index is -1.91. The first-order valence-corrected chi connectivity index (χ1v) is 7.65. The molecule has 4 heteroatoms. The topological polar surface area (TPSA) is 37.3 Å². The van der Waals surface area contributed by atoms with Crippen molar-refractivity contribution in [3.8, 4) is 0 Å². The summed E-state index contributed by atoms with van der Waals surface area (Å²) < 4.78 is 21.0. The fraction of sp³-hybridized carbons (Fsp3) is 0.600. The van der Waals surface area contributed by atoms with Crippen molar-refractivity contribution in [2.75, 3.05) is 0 Å². The minimum absolute atomic E-state index is 0. The van der Waals surface area contributed by atoms with Crippen LogP contribution < -0.4 is 0 Å². The average molecular weight is 311 g/mol. The zero-order chi connectivity index (χ0) is 14.0. The Kier molecular flexibility index (Phi) is 8.39. The van der Waals surface area contributed by atoms with Crippen LogP contribution in [0.1, 0.15) is 78.8 Å². The maximum absolute atomic E-state index is 11.5. The summed E-state index contributed by atoms with van der Waals surface area (Å²) in [6.07, 6.45) is 0. The van der Waals surface area contributed by atoms with Gasteiger partial charge in [0.25, 0.3) is 0 Å². The monoisotopic (exact) mass is 310 g/mol. The van der Waals surface area contributed by atoms with E-state index in [1.165, 1.54) is 11.1 Å². The molecular formula is C15H26CaO2S. The van der Waals surface area contributed by atoms with E-state index in [2.05, 4.69) is 41.5 Å². The van der Waals surface area contributed by atoms with Gasteiger partial charge in [0.15, 0.2) is 11.1 Å². The first-order valence-electron chi connectivity index (χ1n) is 6.54. The Labute approximate surface area is 152 Å². The predicted octanol–water partition coefficient (Wildman–Crippen LogP) is 4.48. The Bertz CT molecular complexity index is 463. The second-order valence-corrected chi connectivity index (χ2v) is 6.63. The van der Waals surface area contributed by atoms with Crippen LogP contribution in [-0.2, 0) is 11.1 Å². The minimum Gasteiger partial charge on any atom is -1.00 e. The smallest absolute Gasteiger partial charge is 1.00 e. The molecule has 19 heavy (non-hydrogen) atoms. The van der Waals surface area contributed by atoms with Gasteiger partial charge in [0.05, 0.1) is 4.90 Å². The van der Waals surface area contributed by atoms with E-state index in [9.17, 15) is 8.76 Å². The van der Waals surface area contributed by atoms with Gasteiger partial charge in [-0.2, -0.15) is 0 Å². The van der Waals surface area contributed by atoms with Crippen LogP contribution in [0, 0.1) is 0 Å². The molecule has 0 aromatic heterocycles.